The van der Waals surface area contributed by atoms with Crippen molar-refractivity contribution in [3.8, 4) is 6.07 Å². The fraction of sp³-hybridized carbons (Fsp3) is 0.952. The minimum absolute atomic E-state index is 0.00234. The van der Waals surface area contributed by atoms with Crippen LogP contribution in [0.5, 0.6) is 0 Å². The molecule has 0 fully saturated rings. The number of aliphatic hydroxyl groups is 1. The van der Waals surface area contributed by atoms with Gasteiger partial charge < -0.3 is 19.8 Å². The summed E-state index contributed by atoms with van der Waals surface area (Å²) >= 11 is 1.81. The van der Waals surface area contributed by atoms with Crippen molar-refractivity contribution in [1.82, 2.24) is 0 Å². The molecule has 0 radical (unpaired) electrons. The van der Waals surface area contributed by atoms with Gasteiger partial charge in [0, 0.05) is 5.75 Å². The predicted molar refractivity (Wildman–Crippen MR) is 123 cm³/mol. The molecule has 0 aliphatic rings. The van der Waals surface area contributed by atoms with Crippen LogP contribution in [-0.4, -0.2) is 37.9 Å². The first-order valence-corrected chi connectivity index (χ1v) is 13.9. The lowest BCUT2D eigenvalue weighted by atomic mass is 10.0. The Morgan fingerprint density at radius 2 is 1.14 bits per heavy atom. The maximum atomic E-state index is 8.93. The van der Waals surface area contributed by atoms with Crippen molar-refractivity contribution >= 4 is 19.6 Å². The van der Waals surface area contributed by atoms with Crippen molar-refractivity contribution in [2.45, 2.75) is 103 Å². The first kappa shape index (κ1) is 31.1. The molecule has 4 N–H and O–H groups in total. The number of phosphoric acid groups is 1. The summed E-state index contributed by atoms with van der Waals surface area (Å²) in [5, 5.41) is 17.7. The second-order valence-corrected chi connectivity index (χ2v) is 9.72. The van der Waals surface area contributed by atoms with E-state index in [-0.39, 0.29) is 12.5 Å². The van der Waals surface area contributed by atoms with E-state index in [1.54, 1.807) is 0 Å². The van der Waals surface area contributed by atoms with Gasteiger partial charge in [-0.05, 0) is 12.2 Å². The van der Waals surface area contributed by atoms with Crippen LogP contribution in [0.15, 0.2) is 0 Å². The number of hydrogen-bond donors (Lipinski definition) is 4. The highest BCUT2D eigenvalue weighted by Crippen LogP contribution is 2.25. The molecule has 0 aliphatic carbocycles. The molecule has 0 amide bonds. The van der Waals surface area contributed by atoms with E-state index in [4.69, 9.17) is 29.6 Å². The number of nitriles is 1. The Labute approximate surface area is 182 Å². The van der Waals surface area contributed by atoms with Gasteiger partial charge in [-0.2, -0.15) is 17.0 Å². The van der Waals surface area contributed by atoms with E-state index in [2.05, 4.69) is 13.0 Å². The Balaban J connectivity index is 0. The molecule has 0 heterocycles. The van der Waals surface area contributed by atoms with Crippen molar-refractivity contribution in [3.63, 3.8) is 0 Å². The van der Waals surface area contributed by atoms with E-state index in [1.807, 2.05) is 11.8 Å². The summed E-state index contributed by atoms with van der Waals surface area (Å²) in [5.41, 5.74) is 0. The molecule has 0 aliphatic heterocycles. The van der Waals surface area contributed by atoms with Gasteiger partial charge >= 0.3 is 7.82 Å². The quantitative estimate of drug-likeness (QED) is 0.144. The van der Waals surface area contributed by atoms with Gasteiger partial charge in [0.15, 0.2) is 0 Å². The molecule has 174 valence electrons. The molecule has 0 bridgehead atoms. The molecule has 0 rings (SSSR count). The summed E-state index contributed by atoms with van der Waals surface area (Å²) in [6.07, 6.45) is 21.0. The van der Waals surface area contributed by atoms with E-state index in [9.17, 15) is 0 Å². The monoisotopic (exact) mass is 453 g/mol. The highest BCUT2D eigenvalue weighted by Gasteiger charge is 2.04. The molecule has 8 heteroatoms. The van der Waals surface area contributed by atoms with Gasteiger partial charge in [0.05, 0.1) is 18.6 Å². The van der Waals surface area contributed by atoms with E-state index < -0.39 is 7.82 Å². The third-order valence-corrected chi connectivity index (χ3v) is 5.83. The second kappa shape index (κ2) is 24.2. The van der Waals surface area contributed by atoms with Crippen LogP contribution in [-0.2, 0) is 4.57 Å². The summed E-state index contributed by atoms with van der Waals surface area (Å²) in [7, 11) is -4.64. The zero-order valence-corrected chi connectivity index (χ0v) is 20.0. The molecule has 1 atom stereocenters. The molecular formula is C21H44NO5PS. The van der Waals surface area contributed by atoms with Crippen molar-refractivity contribution in [2.75, 3.05) is 18.1 Å². The van der Waals surface area contributed by atoms with E-state index in [0.29, 0.717) is 0 Å². The lowest BCUT2D eigenvalue weighted by Crippen LogP contribution is -2.06. The topological polar surface area (TPSA) is 122 Å². The fourth-order valence-corrected chi connectivity index (χ4v) is 3.97. The Kier molecular flexibility index (Phi) is 25.9. The molecule has 29 heavy (non-hydrogen) atoms. The maximum absolute atomic E-state index is 8.93. The SMILES string of the molecule is CCCCCCCCCCCCCCCCCSCC(C#N)CO.O=P(O)(O)O. The molecule has 0 aromatic rings. The highest BCUT2D eigenvalue weighted by molar-refractivity contribution is 7.99. The van der Waals surface area contributed by atoms with Crippen LogP contribution in [0.4, 0.5) is 0 Å². The van der Waals surface area contributed by atoms with Crippen LogP contribution in [0.2, 0.25) is 0 Å². The van der Waals surface area contributed by atoms with Gasteiger partial charge in [0.2, 0.25) is 0 Å². The van der Waals surface area contributed by atoms with E-state index >= 15 is 0 Å². The zero-order chi connectivity index (χ0) is 22.2. The Hall–Kier alpha value is -0.0900. The zero-order valence-electron chi connectivity index (χ0n) is 18.3. The third-order valence-electron chi connectivity index (χ3n) is 4.61. The maximum Gasteiger partial charge on any atom is 0.466 e. The summed E-state index contributed by atoms with van der Waals surface area (Å²) in [6, 6.07) is 2.14. The average molecular weight is 454 g/mol. The van der Waals surface area contributed by atoms with Gasteiger partial charge in [-0.3, -0.25) is 0 Å². The van der Waals surface area contributed by atoms with Gasteiger partial charge in [-0.15, -0.1) is 0 Å². The minimum Gasteiger partial charge on any atom is -0.395 e. The normalized spacial score (nSPS) is 12.1. The third kappa shape index (κ3) is 35.7. The largest absolute Gasteiger partial charge is 0.466 e. The molecule has 0 saturated carbocycles. The van der Waals surface area contributed by atoms with Crippen LogP contribution in [0, 0.1) is 17.2 Å². The molecule has 6 nitrogen and oxygen atoms in total. The van der Waals surface area contributed by atoms with Crippen molar-refractivity contribution in [3.05, 3.63) is 0 Å². The Morgan fingerprint density at radius 3 is 1.45 bits per heavy atom. The summed E-state index contributed by atoms with van der Waals surface area (Å²) in [5.74, 6) is 1.74. The molecule has 0 aromatic carbocycles. The van der Waals surface area contributed by atoms with Crippen LogP contribution in [0.3, 0.4) is 0 Å². The fourth-order valence-electron chi connectivity index (χ4n) is 2.93. The number of rotatable bonds is 19. The van der Waals surface area contributed by atoms with Crippen molar-refractivity contribution in [1.29, 1.82) is 5.26 Å². The number of thioether (sulfide) groups is 1. The Bertz CT molecular complexity index is 406. The van der Waals surface area contributed by atoms with Crippen molar-refractivity contribution < 1.29 is 24.4 Å². The smallest absolute Gasteiger partial charge is 0.395 e. The molecular weight excluding hydrogens is 409 g/mol. The molecule has 0 saturated heterocycles. The first-order chi connectivity index (χ1) is 13.8. The van der Waals surface area contributed by atoms with E-state index in [1.165, 1.54) is 96.3 Å². The molecule has 1 unspecified atom stereocenters. The lowest BCUT2D eigenvalue weighted by molar-refractivity contribution is 0.267. The van der Waals surface area contributed by atoms with Gasteiger partial charge in [-0.25, -0.2) is 4.57 Å². The standard InChI is InChI=1S/C21H41NOS.H3O4P/c1-2-3-4-5-6-7-8-9-10-11-12-13-14-15-16-17-24-20-21(18-22)19-23;1-5(2,3)4/h21,23H,2-17,19-20H2,1H3;(H3,1,2,3,4). The summed E-state index contributed by atoms with van der Waals surface area (Å²) in [6.45, 7) is 2.28. The predicted octanol–water partition coefficient (Wildman–Crippen LogP) is 5.79. The lowest BCUT2D eigenvalue weighted by Gasteiger charge is -2.05. The molecule has 0 spiro atoms. The Morgan fingerprint density at radius 1 is 0.793 bits per heavy atom. The van der Waals surface area contributed by atoms with Crippen molar-refractivity contribution in [2.24, 2.45) is 5.92 Å². The first-order valence-electron chi connectivity index (χ1n) is 11.2. The number of aliphatic hydroxyl groups excluding tert-OH is 1. The minimum atomic E-state index is -4.64. The van der Waals surface area contributed by atoms with Crippen LogP contribution >= 0.6 is 19.6 Å². The number of hydrogen-bond acceptors (Lipinski definition) is 4. The number of nitrogens with zero attached hydrogens (tertiary/aromatic N) is 1. The van der Waals surface area contributed by atoms with Gasteiger partial charge in [-0.1, -0.05) is 96.8 Å². The van der Waals surface area contributed by atoms with Crippen LogP contribution in [0.1, 0.15) is 103 Å². The van der Waals surface area contributed by atoms with Crippen LogP contribution < -0.4 is 0 Å². The molecule has 0 aromatic heterocycles. The average Bonchev–Trinajstić information content (AvgIpc) is 2.66. The highest BCUT2D eigenvalue weighted by atomic mass is 32.2. The van der Waals surface area contributed by atoms with Gasteiger partial charge in [0.1, 0.15) is 0 Å². The second-order valence-electron chi connectivity index (χ2n) is 7.55. The summed E-state index contributed by atoms with van der Waals surface area (Å²) in [4.78, 5) is 21.6. The van der Waals surface area contributed by atoms with Crippen LogP contribution in [0.25, 0.3) is 0 Å². The number of unbranched alkanes of at least 4 members (excludes halogenated alkanes) is 14. The van der Waals surface area contributed by atoms with E-state index in [0.717, 1.165) is 11.5 Å². The van der Waals surface area contributed by atoms with Gasteiger partial charge in [0.25, 0.3) is 0 Å². The summed E-state index contributed by atoms with van der Waals surface area (Å²) < 4.78 is 8.88.